The Balaban J connectivity index is 2.51. The molecule has 1 aliphatic carbocycles. The van der Waals surface area contributed by atoms with E-state index in [1.165, 1.54) is 0 Å². The number of alkyl halides is 3. The van der Waals surface area contributed by atoms with E-state index in [-0.39, 0.29) is 5.56 Å². The van der Waals surface area contributed by atoms with E-state index in [0.29, 0.717) is 18.1 Å². The van der Waals surface area contributed by atoms with Crippen LogP contribution in [-0.4, -0.2) is 25.6 Å². The van der Waals surface area contributed by atoms with Crippen LogP contribution in [0.1, 0.15) is 42.6 Å². The number of esters is 1. The minimum Gasteiger partial charge on any atom is -0.465 e. The van der Waals surface area contributed by atoms with Crippen LogP contribution in [-0.2, 0) is 9.47 Å². The van der Waals surface area contributed by atoms with Gasteiger partial charge in [0.2, 0.25) is 0 Å². The normalized spacial score (nSPS) is 16.0. The summed E-state index contributed by atoms with van der Waals surface area (Å²) >= 11 is 0. The predicted molar refractivity (Wildman–Crippen MR) is 81.9 cm³/mol. The van der Waals surface area contributed by atoms with E-state index in [1.807, 2.05) is 13.8 Å². The van der Waals surface area contributed by atoms with Crippen LogP contribution in [0.4, 0.5) is 22.4 Å². The summed E-state index contributed by atoms with van der Waals surface area (Å²) in [6.45, 7) is 3.73. The summed E-state index contributed by atoms with van der Waals surface area (Å²) in [6.07, 6.45) is -4.12. The Morgan fingerprint density at radius 2 is 1.85 bits per heavy atom. The quantitative estimate of drug-likeness (QED) is 0.429. The summed E-state index contributed by atoms with van der Waals surface area (Å²) in [7, 11) is 1.06. The largest absolute Gasteiger partial charge is 0.577 e. The summed E-state index contributed by atoms with van der Waals surface area (Å²) < 4.78 is 62.8. The first-order chi connectivity index (χ1) is 11.9. The number of carbonyl (C=O) groups excluding carboxylic acids is 2. The lowest BCUT2D eigenvalue weighted by atomic mass is 9.81. The van der Waals surface area contributed by atoms with Crippen LogP contribution < -0.4 is 4.74 Å². The SMILES string of the molecule is COC(=O)c1cc(C2=CCCC2(C)C)c(OC(=O)OC(F)(F)F)cc1F. The summed E-state index contributed by atoms with van der Waals surface area (Å²) in [5.74, 6) is -2.55. The number of ether oxygens (including phenoxy) is 3. The fraction of sp³-hybridized carbons (Fsp3) is 0.412. The molecular weight excluding hydrogens is 360 g/mol. The van der Waals surface area contributed by atoms with Gasteiger partial charge in [-0.2, -0.15) is 0 Å². The van der Waals surface area contributed by atoms with Crippen LogP contribution in [0.2, 0.25) is 0 Å². The van der Waals surface area contributed by atoms with E-state index in [0.717, 1.165) is 19.6 Å². The van der Waals surface area contributed by atoms with Crippen LogP contribution in [0.5, 0.6) is 5.75 Å². The number of benzene rings is 1. The molecule has 9 heteroatoms. The molecule has 0 N–H and O–H groups in total. The number of hydrogen-bond donors (Lipinski definition) is 0. The first-order valence-electron chi connectivity index (χ1n) is 7.55. The maximum Gasteiger partial charge on any atom is 0.577 e. The zero-order chi connectivity index (χ0) is 19.7. The van der Waals surface area contributed by atoms with E-state index in [1.54, 1.807) is 6.08 Å². The van der Waals surface area contributed by atoms with Crippen molar-refractivity contribution in [2.24, 2.45) is 5.41 Å². The van der Waals surface area contributed by atoms with Gasteiger partial charge >= 0.3 is 18.5 Å². The molecule has 0 unspecified atom stereocenters. The summed E-state index contributed by atoms with van der Waals surface area (Å²) in [5, 5.41) is 0. The molecule has 0 amide bonds. The van der Waals surface area contributed by atoms with Gasteiger partial charge < -0.3 is 14.2 Å². The summed E-state index contributed by atoms with van der Waals surface area (Å²) in [4.78, 5) is 23.1. The smallest absolute Gasteiger partial charge is 0.465 e. The van der Waals surface area contributed by atoms with Crippen molar-refractivity contribution < 1.29 is 41.4 Å². The van der Waals surface area contributed by atoms with Gasteiger partial charge in [-0.25, -0.2) is 14.0 Å². The number of carbonyl (C=O) groups is 2. The topological polar surface area (TPSA) is 61.8 Å². The van der Waals surface area contributed by atoms with Crippen molar-refractivity contribution in [2.75, 3.05) is 7.11 Å². The van der Waals surface area contributed by atoms with Crippen molar-refractivity contribution in [1.82, 2.24) is 0 Å². The highest BCUT2D eigenvalue weighted by molar-refractivity contribution is 5.92. The Labute approximate surface area is 146 Å². The van der Waals surface area contributed by atoms with Gasteiger partial charge in [-0.3, -0.25) is 0 Å². The molecule has 1 aliphatic rings. The van der Waals surface area contributed by atoms with Crippen LogP contribution in [0.3, 0.4) is 0 Å². The Morgan fingerprint density at radius 1 is 1.19 bits per heavy atom. The van der Waals surface area contributed by atoms with Gasteiger partial charge in [0.05, 0.1) is 12.7 Å². The van der Waals surface area contributed by atoms with Crippen LogP contribution in [0.15, 0.2) is 18.2 Å². The number of halogens is 4. The fourth-order valence-corrected chi connectivity index (χ4v) is 2.78. The van der Waals surface area contributed by atoms with E-state index >= 15 is 0 Å². The molecule has 0 fully saturated rings. The molecule has 1 aromatic rings. The Bertz CT molecular complexity index is 765. The third kappa shape index (κ3) is 4.33. The molecular formula is C17H16F4O5. The van der Waals surface area contributed by atoms with Crippen molar-refractivity contribution >= 4 is 17.7 Å². The van der Waals surface area contributed by atoms with Gasteiger partial charge in [0.15, 0.2) is 0 Å². The average Bonchev–Trinajstić information content (AvgIpc) is 2.84. The first kappa shape index (κ1) is 19.7. The van der Waals surface area contributed by atoms with Gasteiger partial charge in [-0.1, -0.05) is 19.9 Å². The summed E-state index contributed by atoms with van der Waals surface area (Å²) in [6, 6.07) is 1.75. The minimum atomic E-state index is -5.24. The minimum absolute atomic E-state index is 0.119. The van der Waals surface area contributed by atoms with Crippen LogP contribution in [0, 0.1) is 11.2 Å². The number of allylic oxidation sites excluding steroid dienone is 2. The highest BCUT2D eigenvalue weighted by atomic mass is 19.4. The van der Waals surface area contributed by atoms with Crippen LogP contribution >= 0.6 is 0 Å². The monoisotopic (exact) mass is 376 g/mol. The standard InChI is InChI=1S/C17H16F4O5/c1-16(2)6-4-5-11(16)9-7-10(14(22)24-3)12(18)8-13(9)25-15(23)26-17(19,20)21/h5,7-8H,4,6H2,1-3H3. The van der Waals surface area contributed by atoms with E-state index in [2.05, 4.69) is 14.2 Å². The molecule has 0 radical (unpaired) electrons. The molecule has 0 heterocycles. The van der Waals surface area contributed by atoms with Crippen molar-refractivity contribution in [3.63, 3.8) is 0 Å². The maximum absolute atomic E-state index is 14.2. The van der Waals surface area contributed by atoms with Crippen molar-refractivity contribution in [3.05, 3.63) is 35.2 Å². The molecule has 0 spiro atoms. The Morgan fingerprint density at radius 3 is 2.35 bits per heavy atom. The second-order valence-electron chi connectivity index (χ2n) is 6.26. The van der Waals surface area contributed by atoms with Gasteiger partial charge in [-0.15, -0.1) is 13.2 Å². The van der Waals surface area contributed by atoms with E-state index in [4.69, 9.17) is 0 Å². The summed E-state index contributed by atoms with van der Waals surface area (Å²) in [5.41, 5.74) is -0.120. The molecule has 1 aromatic carbocycles. The lowest BCUT2D eigenvalue weighted by Crippen LogP contribution is -2.23. The molecule has 0 saturated heterocycles. The third-order valence-corrected chi connectivity index (χ3v) is 4.00. The van der Waals surface area contributed by atoms with Crippen molar-refractivity contribution in [3.8, 4) is 5.75 Å². The lowest BCUT2D eigenvalue weighted by molar-refractivity contribution is -0.296. The van der Waals surface area contributed by atoms with Gasteiger partial charge in [0.25, 0.3) is 0 Å². The molecule has 0 bridgehead atoms. The van der Waals surface area contributed by atoms with E-state index in [9.17, 15) is 27.2 Å². The molecule has 0 atom stereocenters. The van der Waals surface area contributed by atoms with Crippen molar-refractivity contribution in [1.29, 1.82) is 0 Å². The van der Waals surface area contributed by atoms with E-state index < -0.39 is 41.0 Å². The number of rotatable bonds is 3. The molecule has 0 aromatic heterocycles. The third-order valence-electron chi connectivity index (χ3n) is 4.00. The Kier molecular flexibility index (Phi) is 5.29. The Hall–Kier alpha value is -2.58. The maximum atomic E-state index is 14.2. The molecule has 142 valence electrons. The van der Waals surface area contributed by atoms with Crippen LogP contribution in [0.25, 0.3) is 5.57 Å². The average molecular weight is 376 g/mol. The molecule has 26 heavy (non-hydrogen) atoms. The van der Waals surface area contributed by atoms with Gasteiger partial charge in [-0.05, 0) is 29.9 Å². The van der Waals surface area contributed by atoms with Gasteiger partial charge in [0, 0.05) is 11.6 Å². The highest BCUT2D eigenvalue weighted by Crippen LogP contribution is 2.47. The number of methoxy groups -OCH3 is 1. The molecule has 2 rings (SSSR count). The highest BCUT2D eigenvalue weighted by Gasteiger charge is 2.37. The fourth-order valence-electron chi connectivity index (χ4n) is 2.78. The first-order valence-corrected chi connectivity index (χ1v) is 7.55. The number of hydrogen-bond acceptors (Lipinski definition) is 5. The predicted octanol–water partition coefficient (Wildman–Crippen LogP) is 4.85. The van der Waals surface area contributed by atoms with Crippen molar-refractivity contribution in [2.45, 2.75) is 33.1 Å². The zero-order valence-corrected chi connectivity index (χ0v) is 14.2. The van der Waals surface area contributed by atoms with Gasteiger partial charge in [0.1, 0.15) is 11.6 Å². The second kappa shape index (κ2) is 6.97. The zero-order valence-electron chi connectivity index (χ0n) is 14.2. The molecule has 0 saturated carbocycles. The molecule has 0 aliphatic heterocycles. The lowest BCUT2D eigenvalue weighted by Gasteiger charge is -2.24. The second-order valence-corrected chi connectivity index (χ2v) is 6.26. The molecule has 5 nitrogen and oxygen atoms in total.